The second-order valence-electron chi connectivity index (χ2n) is 9.50. The molecule has 1 aliphatic rings. The first kappa shape index (κ1) is 29.3. The van der Waals surface area contributed by atoms with E-state index in [1.165, 1.54) is 12.1 Å². The van der Waals surface area contributed by atoms with E-state index in [0.29, 0.717) is 0 Å². The van der Waals surface area contributed by atoms with E-state index in [0.717, 1.165) is 24.3 Å². The fourth-order valence-corrected chi connectivity index (χ4v) is 4.51. The summed E-state index contributed by atoms with van der Waals surface area (Å²) in [7, 11) is 0. The molecule has 0 bridgehead atoms. The van der Waals surface area contributed by atoms with Gasteiger partial charge in [-0.1, -0.05) is 0 Å². The molecule has 2 aromatic carbocycles. The second kappa shape index (κ2) is 11.3. The molecule has 16 heteroatoms. The van der Waals surface area contributed by atoms with Crippen LogP contribution in [0.2, 0.25) is 0 Å². The van der Waals surface area contributed by atoms with E-state index >= 15 is 0 Å². The number of aliphatic carboxylic acids is 1. The molecule has 226 valence electrons. The van der Waals surface area contributed by atoms with Crippen molar-refractivity contribution in [2.24, 2.45) is 0 Å². The van der Waals surface area contributed by atoms with Gasteiger partial charge in [0.05, 0.1) is 17.5 Å². The van der Waals surface area contributed by atoms with Crippen LogP contribution in [0.5, 0.6) is 17.2 Å². The first-order valence-electron chi connectivity index (χ1n) is 12.4. The molecule has 1 fully saturated rings. The van der Waals surface area contributed by atoms with E-state index in [9.17, 15) is 49.8 Å². The van der Waals surface area contributed by atoms with Gasteiger partial charge in [-0.05, 0) is 18.2 Å². The number of carboxylic acid groups (broad SMARTS) is 2. The molecule has 8 N–H and O–H groups in total. The molecule has 16 nitrogen and oxygen atoms in total. The number of aliphatic hydroxyl groups excluding tert-OH is 3. The second-order valence-corrected chi connectivity index (χ2v) is 9.50. The van der Waals surface area contributed by atoms with Crippen molar-refractivity contribution >= 4 is 39.8 Å². The van der Waals surface area contributed by atoms with Crippen molar-refractivity contribution in [1.82, 2.24) is 0 Å². The molecule has 2 unspecified atom stereocenters. The number of carboxylic acids is 2. The van der Waals surface area contributed by atoms with Gasteiger partial charge in [0.25, 0.3) is 0 Å². The van der Waals surface area contributed by atoms with Crippen molar-refractivity contribution in [3.05, 3.63) is 47.6 Å². The van der Waals surface area contributed by atoms with Crippen molar-refractivity contribution in [1.29, 1.82) is 0 Å². The van der Waals surface area contributed by atoms with Crippen LogP contribution in [0, 0.1) is 0 Å². The standard InChI is InChI=1S/C27H22O16/c28-10-4-14-20-11(6-16(40-14)26(37)38)25(24(41-15(20)5-10)9-1-2-12(29)13(30)3-9)43-27-23(36)22(35)21(34)17(42-27)8-39-19(33)7-18(31)32/h1-6,17,21-23,27,29-30,34-36H,7-8H2,(H,31,32)(H,37,38)/p+1/t17-,21-,22?,23?,27+/m1/s1. The summed E-state index contributed by atoms with van der Waals surface area (Å²) >= 11 is 0. The lowest BCUT2D eigenvalue weighted by Crippen LogP contribution is -2.60. The minimum Gasteiger partial charge on any atom is -0.504 e. The molecule has 1 aliphatic heterocycles. The van der Waals surface area contributed by atoms with Gasteiger partial charge in [-0.2, -0.15) is 0 Å². The number of ether oxygens (including phenoxy) is 3. The molecule has 2 aromatic heterocycles. The fraction of sp³-hybridized carbons (Fsp3) is 0.259. The number of phenols is 2. The lowest BCUT2D eigenvalue weighted by atomic mass is 9.99. The lowest BCUT2D eigenvalue weighted by Gasteiger charge is -2.40. The molecule has 43 heavy (non-hydrogen) atoms. The van der Waals surface area contributed by atoms with E-state index in [2.05, 4.69) is 0 Å². The summed E-state index contributed by atoms with van der Waals surface area (Å²) in [4.78, 5) is 44.6. The SMILES string of the molecule is O=C(O)CC(=O)OC[C@H]1O[C@@H](Oc2c(-c3ccc(O)c(O)c3)oc3cc(=[OH+])cc4oc(C(=O)O)cc2c43)C(O)C(O)[C@@H]1O. The molecule has 0 spiro atoms. The summed E-state index contributed by atoms with van der Waals surface area (Å²) in [5, 5.41) is 70.1. The van der Waals surface area contributed by atoms with Gasteiger partial charge in [0.1, 0.15) is 48.6 Å². The van der Waals surface area contributed by atoms with Crippen LogP contribution >= 0.6 is 0 Å². The third-order valence-electron chi connectivity index (χ3n) is 6.53. The minimum absolute atomic E-state index is 0.0247. The first-order valence-corrected chi connectivity index (χ1v) is 12.4. The van der Waals surface area contributed by atoms with E-state index < -0.39 is 78.9 Å². The first-order chi connectivity index (χ1) is 20.3. The summed E-state index contributed by atoms with van der Waals surface area (Å²) in [6.45, 7) is -0.745. The maximum Gasteiger partial charge on any atom is 0.371 e. The molecule has 0 saturated carbocycles. The molecule has 0 radical (unpaired) electrons. The number of aromatic carboxylic acids is 1. The number of rotatable bonds is 8. The molecule has 3 heterocycles. The van der Waals surface area contributed by atoms with E-state index in [-0.39, 0.29) is 44.4 Å². The van der Waals surface area contributed by atoms with Crippen LogP contribution in [0.25, 0.3) is 33.3 Å². The molecule has 5 atom stereocenters. The van der Waals surface area contributed by atoms with Crippen LogP contribution in [0.3, 0.4) is 0 Å². The fourth-order valence-electron chi connectivity index (χ4n) is 4.51. The van der Waals surface area contributed by atoms with E-state index in [4.69, 9.17) is 28.2 Å². The van der Waals surface area contributed by atoms with Gasteiger partial charge in [0.2, 0.25) is 12.1 Å². The van der Waals surface area contributed by atoms with Crippen molar-refractivity contribution in [3.63, 3.8) is 0 Å². The van der Waals surface area contributed by atoms with Gasteiger partial charge < -0.3 is 58.8 Å². The average Bonchev–Trinajstić information content (AvgIpc) is 2.94. The minimum atomic E-state index is -1.95. The van der Waals surface area contributed by atoms with Crippen molar-refractivity contribution in [2.75, 3.05) is 6.61 Å². The summed E-state index contributed by atoms with van der Waals surface area (Å²) in [6, 6.07) is 6.84. The van der Waals surface area contributed by atoms with Crippen LogP contribution in [-0.4, -0.2) is 95.8 Å². The van der Waals surface area contributed by atoms with Gasteiger partial charge >= 0.3 is 23.3 Å². The normalized spacial score (nSPS) is 22.0. The van der Waals surface area contributed by atoms with Gasteiger partial charge in [0.15, 0.2) is 23.0 Å². The van der Waals surface area contributed by atoms with Crippen molar-refractivity contribution in [3.8, 4) is 28.6 Å². The quantitative estimate of drug-likeness (QED) is 0.0612. The monoisotopic (exact) mass is 603 g/mol. The van der Waals surface area contributed by atoms with Crippen LogP contribution in [-0.2, 0) is 19.1 Å². The maximum absolute atomic E-state index is 11.9. The largest absolute Gasteiger partial charge is 0.504 e. The van der Waals surface area contributed by atoms with Crippen molar-refractivity contribution in [2.45, 2.75) is 37.1 Å². The molecular formula is C27H23O16+. The Morgan fingerprint density at radius 3 is 2.23 bits per heavy atom. The Bertz CT molecular complexity index is 1800. The highest BCUT2D eigenvalue weighted by molar-refractivity contribution is 6.11. The van der Waals surface area contributed by atoms with E-state index in [1.807, 2.05) is 0 Å². The summed E-state index contributed by atoms with van der Waals surface area (Å²) in [5.41, 5.74) is -0.498. The maximum atomic E-state index is 11.9. The number of carbonyl (C=O) groups excluding carboxylic acids is 1. The van der Waals surface area contributed by atoms with E-state index in [1.54, 1.807) is 0 Å². The highest BCUT2D eigenvalue weighted by Gasteiger charge is 2.46. The number of aromatic hydroxyl groups is 2. The summed E-state index contributed by atoms with van der Waals surface area (Å²) in [5.74, 6) is -6.40. The number of benzene rings is 2. The number of esters is 1. The zero-order valence-electron chi connectivity index (χ0n) is 21.6. The van der Waals surface area contributed by atoms with Gasteiger partial charge in [-0.3, -0.25) is 14.4 Å². The third kappa shape index (κ3) is 5.67. The van der Waals surface area contributed by atoms with Crippen LogP contribution in [0.15, 0.2) is 45.2 Å². The molecule has 4 aromatic rings. The summed E-state index contributed by atoms with van der Waals surface area (Å²) in [6.07, 6.45) is -10.1. The van der Waals surface area contributed by atoms with Gasteiger partial charge in [-0.15, -0.1) is 0 Å². The topological polar surface area (TPSA) is 268 Å². The average molecular weight is 603 g/mol. The number of carbonyl (C=O) groups is 3. The van der Waals surface area contributed by atoms with Gasteiger partial charge in [-0.25, -0.2) is 4.79 Å². The molecule has 0 amide bonds. The van der Waals surface area contributed by atoms with Crippen LogP contribution < -0.4 is 10.2 Å². The van der Waals surface area contributed by atoms with Gasteiger partial charge in [0, 0.05) is 17.0 Å². The van der Waals surface area contributed by atoms with Crippen LogP contribution in [0.4, 0.5) is 0 Å². The molecular weight excluding hydrogens is 580 g/mol. The Balaban J connectivity index is 1.65. The number of hydrogen-bond donors (Lipinski definition) is 7. The predicted octanol–water partition coefficient (Wildman–Crippen LogP) is 0.164. The third-order valence-corrected chi connectivity index (χ3v) is 6.53. The highest BCUT2D eigenvalue weighted by atomic mass is 16.7. The number of hydrogen-bond acceptors (Lipinski definition) is 13. The smallest absolute Gasteiger partial charge is 0.371 e. The summed E-state index contributed by atoms with van der Waals surface area (Å²) < 4.78 is 27.7. The molecule has 5 rings (SSSR count). The Hall–Kier alpha value is -5.16. The highest BCUT2D eigenvalue weighted by Crippen LogP contribution is 2.44. The number of phenolic OH excluding ortho intramolecular Hbond substituents is 2. The van der Waals surface area contributed by atoms with Crippen LogP contribution in [0.1, 0.15) is 17.0 Å². The Morgan fingerprint density at radius 1 is 0.884 bits per heavy atom. The Kier molecular flexibility index (Phi) is 7.68. The number of aliphatic hydroxyl groups is 3. The lowest BCUT2D eigenvalue weighted by molar-refractivity contribution is -0.278. The zero-order chi connectivity index (χ0) is 31.2. The zero-order valence-corrected chi connectivity index (χ0v) is 21.6. The predicted molar refractivity (Wildman–Crippen MR) is 137 cm³/mol. The molecule has 0 aliphatic carbocycles. The van der Waals surface area contributed by atoms with Crippen molar-refractivity contribution < 1.29 is 78.0 Å². The Labute approximate surface area is 238 Å². The Morgan fingerprint density at radius 2 is 1.58 bits per heavy atom. The molecule has 1 saturated heterocycles.